The van der Waals surface area contributed by atoms with Gasteiger partial charge in [0, 0.05) is 0 Å². The van der Waals surface area contributed by atoms with Gasteiger partial charge in [-0.25, -0.2) is 13.2 Å². The first kappa shape index (κ1) is 18.9. The number of anilines is 1. The third-order valence-corrected chi connectivity index (χ3v) is 6.53. The maximum absolute atomic E-state index is 12.3. The Hall–Kier alpha value is -1.41. The summed E-state index contributed by atoms with van der Waals surface area (Å²) in [5.74, 6) is -1.09. The zero-order valence-electron chi connectivity index (χ0n) is 14.1. The van der Waals surface area contributed by atoms with Crippen LogP contribution in [0.15, 0.2) is 5.38 Å². The quantitative estimate of drug-likeness (QED) is 0.774. The number of amides is 1. The minimum atomic E-state index is -3.13. The van der Waals surface area contributed by atoms with Crippen LogP contribution in [0.1, 0.15) is 43.1 Å². The van der Waals surface area contributed by atoms with Crippen LogP contribution in [0.25, 0.3) is 0 Å². The zero-order chi connectivity index (χ0) is 17.9. The molecule has 1 amide bonds. The van der Waals surface area contributed by atoms with Crippen molar-refractivity contribution in [3.8, 4) is 0 Å². The van der Waals surface area contributed by atoms with Gasteiger partial charge in [-0.3, -0.25) is 4.79 Å². The van der Waals surface area contributed by atoms with Crippen molar-refractivity contribution in [2.45, 2.75) is 33.6 Å². The molecule has 1 atom stereocenters. The van der Waals surface area contributed by atoms with Crippen molar-refractivity contribution in [1.82, 2.24) is 0 Å². The third-order valence-electron chi connectivity index (χ3n) is 3.81. The number of ether oxygens (including phenoxy) is 1. The van der Waals surface area contributed by atoms with Gasteiger partial charge in [-0.15, -0.1) is 11.3 Å². The molecule has 2 rings (SSSR count). The van der Waals surface area contributed by atoms with E-state index in [1.165, 1.54) is 11.3 Å². The second kappa shape index (κ2) is 7.65. The molecule has 1 aromatic heterocycles. The van der Waals surface area contributed by atoms with Gasteiger partial charge < -0.3 is 10.1 Å². The normalized spacial score (nSPS) is 19.4. The molecule has 134 valence electrons. The summed E-state index contributed by atoms with van der Waals surface area (Å²) < 4.78 is 28.2. The molecule has 1 fully saturated rings. The molecular formula is C16H23NO5S2. The van der Waals surface area contributed by atoms with Gasteiger partial charge in [0.25, 0.3) is 0 Å². The lowest BCUT2D eigenvalue weighted by Gasteiger charge is -2.11. The topological polar surface area (TPSA) is 89.5 Å². The Bertz CT molecular complexity index is 721. The van der Waals surface area contributed by atoms with Crippen molar-refractivity contribution in [2.24, 2.45) is 11.8 Å². The highest BCUT2D eigenvalue weighted by molar-refractivity contribution is 7.91. The summed E-state index contributed by atoms with van der Waals surface area (Å²) in [5, 5.41) is 5.03. The van der Waals surface area contributed by atoms with E-state index in [0.717, 1.165) is 5.56 Å². The number of nitrogens with one attached hydrogen (secondary N) is 1. The average Bonchev–Trinajstić information content (AvgIpc) is 3.02. The summed E-state index contributed by atoms with van der Waals surface area (Å²) in [6.45, 7) is 6.08. The minimum absolute atomic E-state index is 0.0405. The molecule has 0 radical (unpaired) electrons. The molecule has 0 aromatic carbocycles. The summed E-state index contributed by atoms with van der Waals surface area (Å²) in [6, 6.07) is 0. The maximum Gasteiger partial charge on any atom is 0.341 e. The fourth-order valence-corrected chi connectivity index (χ4v) is 5.43. The Kier molecular flexibility index (Phi) is 6.03. The van der Waals surface area contributed by atoms with Crippen LogP contribution in [0.3, 0.4) is 0 Å². The molecule has 1 aliphatic rings. The maximum atomic E-state index is 12.3. The highest BCUT2D eigenvalue weighted by atomic mass is 32.2. The Labute approximate surface area is 146 Å². The fraction of sp³-hybridized carbons (Fsp3) is 0.625. The van der Waals surface area contributed by atoms with E-state index >= 15 is 0 Å². The predicted molar refractivity (Wildman–Crippen MR) is 94.2 cm³/mol. The lowest BCUT2D eigenvalue weighted by Crippen LogP contribution is -2.24. The van der Waals surface area contributed by atoms with E-state index in [1.54, 1.807) is 6.92 Å². The van der Waals surface area contributed by atoms with E-state index < -0.39 is 21.7 Å². The number of esters is 1. The van der Waals surface area contributed by atoms with Crippen LogP contribution in [-0.2, 0) is 25.8 Å². The van der Waals surface area contributed by atoms with Gasteiger partial charge in [0.15, 0.2) is 9.84 Å². The van der Waals surface area contributed by atoms with Crippen molar-refractivity contribution in [1.29, 1.82) is 0 Å². The Balaban J connectivity index is 2.21. The molecule has 1 aliphatic heterocycles. The van der Waals surface area contributed by atoms with Crippen LogP contribution in [0.4, 0.5) is 5.00 Å². The largest absolute Gasteiger partial charge is 0.462 e. The van der Waals surface area contributed by atoms with Crippen molar-refractivity contribution >= 4 is 38.1 Å². The fourth-order valence-electron chi connectivity index (χ4n) is 2.72. The summed E-state index contributed by atoms with van der Waals surface area (Å²) in [5.41, 5.74) is 1.24. The van der Waals surface area contributed by atoms with E-state index in [9.17, 15) is 18.0 Å². The highest BCUT2D eigenvalue weighted by Gasteiger charge is 2.34. The van der Waals surface area contributed by atoms with Gasteiger partial charge in [0.2, 0.25) is 5.91 Å². The number of rotatable bonds is 6. The smallest absolute Gasteiger partial charge is 0.341 e. The van der Waals surface area contributed by atoms with E-state index in [1.807, 2.05) is 19.2 Å². The number of hydrogen-bond acceptors (Lipinski definition) is 6. The van der Waals surface area contributed by atoms with Crippen molar-refractivity contribution in [2.75, 3.05) is 23.4 Å². The van der Waals surface area contributed by atoms with Crippen LogP contribution >= 0.6 is 11.3 Å². The summed E-state index contributed by atoms with van der Waals surface area (Å²) in [4.78, 5) is 24.6. The molecule has 0 saturated carbocycles. The lowest BCUT2D eigenvalue weighted by molar-refractivity contribution is -0.119. The second-order valence-electron chi connectivity index (χ2n) is 6.37. The average molecular weight is 373 g/mol. The number of hydrogen-bond donors (Lipinski definition) is 1. The van der Waals surface area contributed by atoms with Crippen LogP contribution in [0.2, 0.25) is 0 Å². The van der Waals surface area contributed by atoms with Crippen molar-refractivity contribution in [3.63, 3.8) is 0 Å². The Morgan fingerprint density at radius 2 is 2.12 bits per heavy atom. The molecular weight excluding hydrogens is 350 g/mol. The molecule has 0 unspecified atom stereocenters. The zero-order valence-corrected chi connectivity index (χ0v) is 15.8. The number of carbonyl (C=O) groups is 2. The van der Waals surface area contributed by atoms with E-state index in [0.29, 0.717) is 29.3 Å². The summed E-state index contributed by atoms with van der Waals surface area (Å²) >= 11 is 1.28. The van der Waals surface area contributed by atoms with Gasteiger partial charge in [0.1, 0.15) is 5.00 Å². The standard InChI is InChI=1S/C16H23NO5S2/c1-4-22-16(19)13-12(7-10(2)3)8-23-15(13)17-14(18)11-5-6-24(20,21)9-11/h8,10-11H,4-7,9H2,1-3H3,(H,17,18)/t11-/m0/s1. The Morgan fingerprint density at radius 1 is 1.42 bits per heavy atom. The predicted octanol–water partition coefficient (Wildman–Crippen LogP) is 2.50. The molecule has 2 heterocycles. The SMILES string of the molecule is CCOC(=O)c1c(CC(C)C)csc1NC(=O)[C@H]1CCS(=O)(=O)C1. The monoisotopic (exact) mass is 373 g/mol. The van der Waals surface area contributed by atoms with E-state index in [-0.39, 0.29) is 24.0 Å². The molecule has 1 aromatic rings. The Morgan fingerprint density at radius 3 is 2.67 bits per heavy atom. The molecule has 0 spiro atoms. The molecule has 24 heavy (non-hydrogen) atoms. The third kappa shape index (κ3) is 4.57. The minimum Gasteiger partial charge on any atom is -0.462 e. The van der Waals surface area contributed by atoms with Crippen LogP contribution < -0.4 is 5.32 Å². The number of carbonyl (C=O) groups excluding carboxylic acids is 2. The molecule has 0 aliphatic carbocycles. The first-order chi connectivity index (χ1) is 11.2. The van der Waals surface area contributed by atoms with Crippen molar-refractivity contribution in [3.05, 3.63) is 16.5 Å². The van der Waals surface area contributed by atoms with Gasteiger partial charge in [0.05, 0.1) is 29.6 Å². The van der Waals surface area contributed by atoms with Gasteiger partial charge in [-0.1, -0.05) is 13.8 Å². The number of sulfone groups is 1. The van der Waals surface area contributed by atoms with Crippen molar-refractivity contribution < 1.29 is 22.7 Å². The second-order valence-corrected chi connectivity index (χ2v) is 9.48. The van der Waals surface area contributed by atoms with E-state index in [4.69, 9.17) is 4.74 Å². The van der Waals surface area contributed by atoms with Crippen LogP contribution in [0, 0.1) is 11.8 Å². The van der Waals surface area contributed by atoms with Crippen LogP contribution in [-0.4, -0.2) is 38.4 Å². The molecule has 6 nitrogen and oxygen atoms in total. The van der Waals surface area contributed by atoms with Gasteiger partial charge in [-0.2, -0.15) is 0 Å². The van der Waals surface area contributed by atoms with E-state index in [2.05, 4.69) is 5.32 Å². The molecule has 0 bridgehead atoms. The van der Waals surface area contributed by atoms with Gasteiger partial charge in [-0.05, 0) is 36.6 Å². The highest BCUT2D eigenvalue weighted by Crippen LogP contribution is 2.32. The molecule has 8 heteroatoms. The molecule has 1 N–H and O–H groups in total. The molecule has 1 saturated heterocycles. The van der Waals surface area contributed by atoms with Gasteiger partial charge >= 0.3 is 5.97 Å². The summed E-state index contributed by atoms with van der Waals surface area (Å²) in [7, 11) is -3.13. The summed E-state index contributed by atoms with van der Waals surface area (Å²) in [6.07, 6.45) is 1.03. The lowest BCUT2D eigenvalue weighted by atomic mass is 10.0. The van der Waals surface area contributed by atoms with Crippen LogP contribution in [0.5, 0.6) is 0 Å². The number of thiophene rings is 1. The first-order valence-corrected chi connectivity index (χ1v) is 10.7. The first-order valence-electron chi connectivity index (χ1n) is 8.02.